The van der Waals surface area contributed by atoms with Crippen molar-refractivity contribution >= 4 is 17.5 Å². The molecule has 2 rings (SSSR count). The Bertz CT molecular complexity index is 472. The van der Waals surface area contributed by atoms with E-state index in [0.717, 1.165) is 49.4 Å². The first-order valence-electron chi connectivity index (χ1n) is 8.26. The van der Waals surface area contributed by atoms with Gasteiger partial charge in [-0.1, -0.05) is 29.8 Å². The average molecular weight is 324 g/mol. The molecule has 122 valence electrons. The first-order chi connectivity index (χ1) is 10.7. The summed E-state index contributed by atoms with van der Waals surface area (Å²) in [6, 6.07) is 7.84. The number of ether oxygens (including phenoxy) is 1. The first-order valence-corrected chi connectivity index (χ1v) is 8.63. The van der Waals surface area contributed by atoms with Crippen LogP contribution in [0.2, 0.25) is 5.02 Å². The molecule has 1 saturated heterocycles. The zero-order valence-electron chi connectivity index (χ0n) is 13.4. The van der Waals surface area contributed by atoms with Gasteiger partial charge in [0.1, 0.15) is 0 Å². The van der Waals surface area contributed by atoms with Crippen molar-refractivity contribution in [2.24, 2.45) is 0 Å². The smallest absolute Gasteiger partial charge is 0.222 e. The largest absolute Gasteiger partial charge is 0.378 e. The molecule has 0 aliphatic carbocycles. The summed E-state index contributed by atoms with van der Waals surface area (Å²) in [4.78, 5) is 14.0. The molecular weight excluding hydrogens is 298 g/mol. The number of nitrogens with zero attached hydrogens (tertiary/aromatic N) is 1. The Morgan fingerprint density at radius 3 is 2.91 bits per heavy atom. The Labute approximate surface area is 138 Å². The minimum atomic E-state index is 0.211. The van der Waals surface area contributed by atoms with E-state index in [4.69, 9.17) is 16.3 Å². The van der Waals surface area contributed by atoms with Gasteiger partial charge in [0.15, 0.2) is 0 Å². The second-order valence-electron chi connectivity index (χ2n) is 6.04. The van der Waals surface area contributed by atoms with Crippen LogP contribution in [0, 0.1) is 0 Å². The third kappa shape index (κ3) is 5.62. The Kier molecular flexibility index (Phi) is 7.20. The third-order valence-corrected chi connectivity index (χ3v) is 4.65. The Balaban J connectivity index is 1.64. The van der Waals surface area contributed by atoms with Crippen LogP contribution in [0.5, 0.6) is 0 Å². The predicted molar refractivity (Wildman–Crippen MR) is 90.2 cm³/mol. The molecule has 1 unspecified atom stereocenters. The zero-order chi connectivity index (χ0) is 15.8. The Morgan fingerprint density at radius 2 is 2.18 bits per heavy atom. The zero-order valence-corrected chi connectivity index (χ0v) is 14.1. The van der Waals surface area contributed by atoms with Crippen LogP contribution in [-0.4, -0.2) is 37.1 Å². The highest BCUT2D eigenvalue weighted by Crippen LogP contribution is 2.18. The summed E-state index contributed by atoms with van der Waals surface area (Å²) < 4.78 is 5.71. The van der Waals surface area contributed by atoms with Gasteiger partial charge in [0.2, 0.25) is 5.91 Å². The minimum Gasteiger partial charge on any atom is -0.378 e. The Morgan fingerprint density at radius 1 is 1.36 bits per heavy atom. The molecule has 1 aromatic carbocycles. The van der Waals surface area contributed by atoms with Crippen molar-refractivity contribution < 1.29 is 9.53 Å². The number of hydrogen-bond acceptors (Lipinski definition) is 2. The van der Waals surface area contributed by atoms with Crippen LogP contribution >= 0.6 is 11.6 Å². The van der Waals surface area contributed by atoms with E-state index in [2.05, 4.69) is 0 Å². The maximum atomic E-state index is 12.1. The summed E-state index contributed by atoms with van der Waals surface area (Å²) in [5, 5.41) is 0.790. The van der Waals surface area contributed by atoms with Gasteiger partial charge in [-0.25, -0.2) is 0 Å². The molecule has 1 fully saturated rings. The molecule has 0 spiro atoms. The number of hydrogen-bond donors (Lipinski definition) is 0. The molecular formula is C18H26ClNO2. The summed E-state index contributed by atoms with van der Waals surface area (Å²) in [6.07, 6.45) is 7.12. The van der Waals surface area contributed by atoms with Crippen LogP contribution in [0.15, 0.2) is 24.3 Å². The molecule has 4 heteroatoms. The van der Waals surface area contributed by atoms with Crippen molar-refractivity contribution in [1.82, 2.24) is 4.90 Å². The van der Waals surface area contributed by atoms with Gasteiger partial charge < -0.3 is 9.64 Å². The van der Waals surface area contributed by atoms with Crippen LogP contribution in [0.1, 0.15) is 44.1 Å². The molecule has 3 nitrogen and oxygen atoms in total. The van der Waals surface area contributed by atoms with E-state index in [0.29, 0.717) is 12.5 Å². The van der Waals surface area contributed by atoms with E-state index in [1.165, 1.54) is 12.8 Å². The number of carbonyl (C=O) groups excluding carboxylic acids is 1. The summed E-state index contributed by atoms with van der Waals surface area (Å²) in [6.45, 7) is 1.66. The topological polar surface area (TPSA) is 29.5 Å². The van der Waals surface area contributed by atoms with E-state index in [1.807, 2.05) is 36.2 Å². The molecule has 1 aromatic rings. The van der Waals surface area contributed by atoms with E-state index in [1.54, 1.807) is 0 Å². The fourth-order valence-electron chi connectivity index (χ4n) is 2.82. The number of benzene rings is 1. The molecule has 0 N–H and O–H groups in total. The summed E-state index contributed by atoms with van der Waals surface area (Å²) >= 11 is 6.13. The number of amides is 1. The summed E-state index contributed by atoms with van der Waals surface area (Å²) in [7, 11) is 1.89. The van der Waals surface area contributed by atoms with Crippen molar-refractivity contribution in [2.45, 2.75) is 51.0 Å². The molecule has 1 heterocycles. The molecule has 1 atom stereocenters. The van der Waals surface area contributed by atoms with Crippen molar-refractivity contribution in [3.8, 4) is 0 Å². The van der Waals surface area contributed by atoms with Gasteiger partial charge in [-0.05, 0) is 50.2 Å². The second kappa shape index (κ2) is 9.16. The van der Waals surface area contributed by atoms with Gasteiger partial charge in [0.25, 0.3) is 0 Å². The monoisotopic (exact) mass is 323 g/mol. The summed E-state index contributed by atoms with van der Waals surface area (Å²) in [5.74, 6) is 0.211. The van der Waals surface area contributed by atoms with E-state index in [-0.39, 0.29) is 5.91 Å². The first kappa shape index (κ1) is 17.3. The lowest BCUT2D eigenvalue weighted by Gasteiger charge is -2.25. The van der Waals surface area contributed by atoms with Crippen LogP contribution < -0.4 is 0 Å². The molecule has 0 aromatic heterocycles. The molecule has 1 amide bonds. The fraction of sp³-hybridized carbons (Fsp3) is 0.611. The molecule has 22 heavy (non-hydrogen) atoms. The molecule has 1 aliphatic heterocycles. The maximum absolute atomic E-state index is 12.1. The predicted octanol–water partition coefficient (Wildman–Crippen LogP) is 4.08. The van der Waals surface area contributed by atoms with Crippen molar-refractivity contribution in [1.29, 1.82) is 0 Å². The van der Waals surface area contributed by atoms with Gasteiger partial charge in [-0.2, -0.15) is 0 Å². The standard InChI is InChI=1S/C18H26ClNO2/c1-20(13-12-16-9-4-5-14-22-16)18(21)11-6-8-15-7-2-3-10-17(15)19/h2-3,7,10,16H,4-6,8-9,11-14H2,1H3. The van der Waals surface area contributed by atoms with Crippen LogP contribution in [0.4, 0.5) is 0 Å². The minimum absolute atomic E-state index is 0.211. The molecule has 0 radical (unpaired) electrons. The molecule has 1 aliphatic rings. The molecule has 0 saturated carbocycles. The fourth-order valence-corrected chi connectivity index (χ4v) is 3.05. The average Bonchev–Trinajstić information content (AvgIpc) is 2.55. The van der Waals surface area contributed by atoms with Crippen LogP contribution in [-0.2, 0) is 16.0 Å². The number of halogens is 1. The van der Waals surface area contributed by atoms with Crippen molar-refractivity contribution in [3.05, 3.63) is 34.9 Å². The SMILES string of the molecule is CN(CCC1CCCCO1)C(=O)CCCc1ccccc1Cl. The lowest BCUT2D eigenvalue weighted by molar-refractivity contribution is -0.130. The van der Waals surface area contributed by atoms with E-state index >= 15 is 0 Å². The van der Waals surface area contributed by atoms with E-state index < -0.39 is 0 Å². The lowest BCUT2D eigenvalue weighted by atomic mass is 10.1. The van der Waals surface area contributed by atoms with Crippen LogP contribution in [0.3, 0.4) is 0 Å². The van der Waals surface area contributed by atoms with Gasteiger partial charge in [0, 0.05) is 31.6 Å². The maximum Gasteiger partial charge on any atom is 0.222 e. The molecule has 0 bridgehead atoms. The number of carbonyl (C=O) groups is 1. The van der Waals surface area contributed by atoms with E-state index in [9.17, 15) is 4.79 Å². The van der Waals surface area contributed by atoms with Gasteiger partial charge in [-0.15, -0.1) is 0 Å². The third-order valence-electron chi connectivity index (χ3n) is 4.28. The van der Waals surface area contributed by atoms with Crippen molar-refractivity contribution in [3.63, 3.8) is 0 Å². The number of rotatable bonds is 7. The van der Waals surface area contributed by atoms with Crippen LogP contribution in [0.25, 0.3) is 0 Å². The van der Waals surface area contributed by atoms with Gasteiger partial charge >= 0.3 is 0 Å². The lowest BCUT2D eigenvalue weighted by Crippen LogP contribution is -2.31. The van der Waals surface area contributed by atoms with Gasteiger partial charge in [0.05, 0.1) is 6.10 Å². The highest BCUT2D eigenvalue weighted by atomic mass is 35.5. The highest BCUT2D eigenvalue weighted by Gasteiger charge is 2.16. The normalized spacial score (nSPS) is 18.2. The van der Waals surface area contributed by atoms with Gasteiger partial charge in [-0.3, -0.25) is 4.79 Å². The highest BCUT2D eigenvalue weighted by molar-refractivity contribution is 6.31. The Hall–Kier alpha value is -1.06. The quantitative estimate of drug-likeness (QED) is 0.756. The second-order valence-corrected chi connectivity index (χ2v) is 6.44. The summed E-state index contributed by atoms with van der Waals surface area (Å²) in [5.41, 5.74) is 1.12. The number of aryl methyl sites for hydroxylation is 1. The van der Waals surface area contributed by atoms with Crippen molar-refractivity contribution in [2.75, 3.05) is 20.2 Å².